The highest BCUT2D eigenvalue weighted by Gasteiger charge is 2.12. The molecule has 0 aliphatic heterocycles. The molecule has 0 rings (SSSR count). The Hall–Kier alpha value is -2.54. The molecule has 2 N–H and O–H groups in total. The van der Waals surface area contributed by atoms with Gasteiger partial charge in [0.2, 0.25) is 0 Å². The number of aliphatic hydroxyl groups is 1. The second kappa shape index (κ2) is 16.6. The molecule has 0 fully saturated rings. The maximum atomic E-state index is 12.4. The predicted octanol–water partition coefficient (Wildman–Crippen LogP) is 3.19. The first-order valence-corrected chi connectivity index (χ1v) is 9.41. The van der Waals surface area contributed by atoms with Crippen LogP contribution in [0.1, 0.15) is 33.1 Å². The van der Waals surface area contributed by atoms with E-state index in [-0.39, 0.29) is 25.5 Å². The maximum absolute atomic E-state index is 12.4. The third kappa shape index (κ3) is 11.2. The minimum atomic E-state index is -0.474. The van der Waals surface area contributed by atoms with E-state index in [1.807, 2.05) is 11.8 Å². The Bertz CT molecular complexity index is 610. The van der Waals surface area contributed by atoms with Gasteiger partial charge >= 0.3 is 0 Å². The molecule has 0 unspecified atom stereocenters. The lowest BCUT2D eigenvalue weighted by Gasteiger charge is -2.19. The lowest BCUT2D eigenvalue weighted by atomic mass is 10.1. The SMILES string of the molecule is C=C/N=C(\C)C(=CCN(C=C)CC/C(CC)=N/C=C\CO)C(=O)NCCCF. The number of halogens is 1. The van der Waals surface area contributed by atoms with Crippen LogP contribution < -0.4 is 5.32 Å². The highest BCUT2D eigenvalue weighted by atomic mass is 19.1. The van der Waals surface area contributed by atoms with Crippen molar-refractivity contribution in [3.8, 4) is 0 Å². The molecule has 0 atom stereocenters. The van der Waals surface area contributed by atoms with Gasteiger partial charge in [0.15, 0.2) is 0 Å². The van der Waals surface area contributed by atoms with E-state index in [9.17, 15) is 9.18 Å². The molecule has 0 aromatic rings. The van der Waals surface area contributed by atoms with Crippen LogP contribution in [-0.2, 0) is 4.79 Å². The van der Waals surface area contributed by atoms with Gasteiger partial charge in [-0.15, -0.1) is 0 Å². The number of nitrogens with zero attached hydrogens (tertiary/aromatic N) is 3. The van der Waals surface area contributed by atoms with Gasteiger partial charge in [-0.2, -0.15) is 0 Å². The lowest BCUT2D eigenvalue weighted by molar-refractivity contribution is -0.117. The number of aliphatic imine (C=N–C) groups is 2. The molecule has 0 spiro atoms. The molecule has 0 radical (unpaired) electrons. The van der Waals surface area contributed by atoms with Crippen molar-refractivity contribution in [1.82, 2.24) is 10.2 Å². The summed E-state index contributed by atoms with van der Waals surface area (Å²) in [5, 5.41) is 11.5. The maximum Gasteiger partial charge on any atom is 0.252 e. The van der Waals surface area contributed by atoms with Crippen molar-refractivity contribution in [2.24, 2.45) is 9.98 Å². The van der Waals surface area contributed by atoms with Crippen LogP contribution in [0.4, 0.5) is 4.39 Å². The zero-order valence-electron chi connectivity index (χ0n) is 17.0. The predicted molar refractivity (Wildman–Crippen MR) is 115 cm³/mol. The van der Waals surface area contributed by atoms with Crippen LogP contribution in [0, 0.1) is 0 Å². The number of rotatable bonds is 15. The molecule has 6 nitrogen and oxygen atoms in total. The third-order valence-electron chi connectivity index (χ3n) is 3.87. The van der Waals surface area contributed by atoms with Crippen LogP contribution in [0.3, 0.4) is 0 Å². The van der Waals surface area contributed by atoms with Gasteiger partial charge in [0.1, 0.15) is 0 Å². The molecular weight excluding hydrogens is 359 g/mol. The monoisotopic (exact) mass is 392 g/mol. The minimum absolute atomic E-state index is 0.0359. The van der Waals surface area contributed by atoms with Crippen molar-refractivity contribution in [3.05, 3.63) is 49.5 Å². The normalized spacial score (nSPS) is 12.9. The lowest BCUT2D eigenvalue weighted by Crippen LogP contribution is -2.30. The summed E-state index contributed by atoms with van der Waals surface area (Å²) >= 11 is 0. The summed E-state index contributed by atoms with van der Waals surface area (Å²) in [5.41, 5.74) is 1.98. The summed E-state index contributed by atoms with van der Waals surface area (Å²) in [4.78, 5) is 22.8. The number of carbonyl (C=O) groups is 1. The van der Waals surface area contributed by atoms with Crippen molar-refractivity contribution in [2.45, 2.75) is 33.1 Å². The first-order chi connectivity index (χ1) is 13.5. The van der Waals surface area contributed by atoms with E-state index in [1.54, 1.807) is 31.5 Å². The number of nitrogens with one attached hydrogen (secondary N) is 1. The average molecular weight is 393 g/mol. The van der Waals surface area contributed by atoms with Crippen molar-refractivity contribution in [3.63, 3.8) is 0 Å². The van der Waals surface area contributed by atoms with E-state index in [0.29, 0.717) is 24.4 Å². The van der Waals surface area contributed by atoms with E-state index < -0.39 is 6.67 Å². The van der Waals surface area contributed by atoms with Gasteiger partial charge in [0.05, 0.1) is 18.9 Å². The summed E-state index contributed by atoms with van der Waals surface area (Å²) in [5.74, 6) is -0.287. The Labute approximate surface area is 168 Å². The van der Waals surface area contributed by atoms with Crippen LogP contribution in [0.15, 0.2) is 59.5 Å². The standard InChI is InChI=1S/C21H33FN4O2/c1-5-19(24-14-9-17-27)10-15-26(7-3)16-11-20(18(4)23-6-2)21(28)25-13-8-12-22/h6-7,9,11,14,27H,2-3,5,8,10,12-13,15-17H2,1,4H3,(H,25,28)/b14-9-,20-11?,23-18+,24-19+. The van der Waals surface area contributed by atoms with Crippen LogP contribution in [-0.4, -0.2) is 60.3 Å². The second-order valence-electron chi connectivity index (χ2n) is 5.86. The molecular formula is C21H33FN4O2. The van der Waals surface area contributed by atoms with Crippen molar-refractivity contribution in [1.29, 1.82) is 0 Å². The van der Waals surface area contributed by atoms with Crippen molar-refractivity contribution >= 4 is 17.3 Å². The second-order valence-corrected chi connectivity index (χ2v) is 5.86. The zero-order valence-corrected chi connectivity index (χ0v) is 17.0. The van der Waals surface area contributed by atoms with Gasteiger partial charge in [-0.05, 0) is 32.0 Å². The first-order valence-electron chi connectivity index (χ1n) is 9.41. The summed E-state index contributed by atoms with van der Waals surface area (Å²) < 4.78 is 12.3. The molecule has 7 heteroatoms. The molecule has 156 valence electrons. The molecule has 1 amide bonds. The van der Waals surface area contributed by atoms with Gasteiger partial charge in [0.25, 0.3) is 5.91 Å². The fourth-order valence-electron chi connectivity index (χ4n) is 2.25. The molecule has 0 aromatic heterocycles. The number of hydrogen-bond acceptors (Lipinski definition) is 5. The van der Waals surface area contributed by atoms with E-state index in [4.69, 9.17) is 5.11 Å². The molecule has 0 saturated heterocycles. The molecule has 28 heavy (non-hydrogen) atoms. The molecule has 0 saturated carbocycles. The van der Waals surface area contributed by atoms with Crippen molar-refractivity contribution in [2.75, 3.05) is 32.9 Å². The zero-order chi connectivity index (χ0) is 21.2. The highest BCUT2D eigenvalue weighted by Crippen LogP contribution is 2.04. The minimum Gasteiger partial charge on any atom is -0.392 e. The van der Waals surface area contributed by atoms with E-state index in [1.165, 1.54) is 6.20 Å². The van der Waals surface area contributed by atoms with Gasteiger partial charge in [0, 0.05) is 49.9 Å². The van der Waals surface area contributed by atoms with Gasteiger partial charge in [-0.25, -0.2) is 0 Å². The molecule has 0 aromatic carbocycles. The van der Waals surface area contributed by atoms with Gasteiger partial charge < -0.3 is 15.3 Å². The Balaban J connectivity index is 5.09. The fraction of sp³-hybridized carbons (Fsp3) is 0.476. The van der Waals surface area contributed by atoms with Gasteiger partial charge in [-0.1, -0.05) is 26.2 Å². The fourth-order valence-corrected chi connectivity index (χ4v) is 2.25. The number of aliphatic hydroxyl groups excluding tert-OH is 1. The Morgan fingerprint density at radius 3 is 2.64 bits per heavy atom. The van der Waals surface area contributed by atoms with Crippen LogP contribution in [0.25, 0.3) is 0 Å². The van der Waals surface area contributed by atoms with E-state index in [2.05, 4.69) is 28.5 Å². The van der Waals surface area contributed by atoms with Crippen LogP contribution >= 0.6 is 0 Å². The first kappa shape index (κ1) is 25.5. The van der Waals surface area contributed by atoms with Crippen LogP contribution in [0.5, 0.6) is 0 Å². The largest absolute Gasteiger partial charge is 0.392 e. The summed E-state index contributed by atoms with van der Waals surface area (Å²) in [6.45, 7) is 12.1. The molecule has 0 bridgehead atoms. The van der Waals surface area contributed by atoms with Gasteiger partial charge in [-0.3, -0.25) is 19.2 Å². The average Bonchev–Trinajstić information content (AvgIpc) is 2.69. The summed E-state index contributed by atoms with van der Waals surface area (Å²) in [6.07, 6.45) is 9.89. The highest BCUT2D eigenvalue weighted by molar-refractivity contribution is 6.20. The number of hydrogen-bond donors (Lipinski definition) is 2. The quantitative estimate of drug-likeness (QED) is 0.255. The Morgan fingerprint density at radius 2 is 2.07 bits per heavy atom. The number of carbonyl (C=O) groups excluding carboxylic acids is 1. The van der Waals surface area contributed by atoms with Crippen LogP contribution in [0.2, 0.25) is 0 Å². The smallest absolute Gasteiger partial charge is 0.252 e. The number of amides is 1. The molecule has 0 aliphatic rings. The third-order valence-corrected chi connectivity index (χ3v) is 3.87. The molecule has 0 heterocycles. The summed E-state index contributed by atoms with van der Waals surface area (Å²) in [7, 11) is 0. The Morgan fingerprint density at radius 1 is 1.32 bits per heavy atom. The molecule has 0 aliphatic carbocycles. The van der Waals surface area contributed by atoms with E-state index in [0.717, 1.165) is 18.6 Å². The number of alkyl halides is 1. The van der Waals surface area contributed by atoms with Crippen molar-refractivity contribution < 1.29 is 14.3 Å². The van der Waals surface area contributed by atoms with E-state index >= 15 is 0 Å². The summed E-state index contributed by atoms with van der Waals surface area (Å²) in [6, 6.07) is 0. The Kier molecular flexibility index (Phi) is 15.1. The topological polar surface area (TPSA) is 77.3 Å².